The molecule has 5 nitrogen and oxygen atoms in total. The number of hydrogen-bond acceptors (Lipinski definition) is 4. The first-order chi connectivity index (χ1) is 10.2. The molecule has 0 unspecified atom stereocenters. The minimum atomic E-state index is 0.00505. The number of aldehydes is 1. The summed E-state index contributed by atoms with van der Waals surface area (Å²) in [7, 11) is 1.62. The van der Waals surface area contributed by atoms with E-state index in [4.69, 9.17) is 4.74 Å². The van der Waals surface area contributed by atoms with E-state index in [1.165, 1.54) is 0 Å². The number of likely N-dealkylation sites (tertiary alicyclic amines) is 1. The van der Waals surface area contributed by atoms with Crippen molar-refractivity contribution in [2.24, 2.45) is 5.92 Å². The molecule has 1 heterocycles. The number of methoxy groups -OCH3 is 1. The van der Waals surface area contributed by atoms with Crippen molar-refractivity contribution in [2.45, 2.75) is 19.4 Å². The van der Waals surface area contributed by atoms with Crippen molar-refractivity contribution in [3.63, 3.8) is 0 Å². The van der Waals surface area contributed by atoms with Crippen LogP contribution in [0.25, 0.3) is 0 Å². The standard InChI is InChI=1S/C16H22N2O3/c1-21-15-5-3-2-4-14(15)10-17-16(20)11-18-8-6-13(12-19)7-9-18/h2-5,12-13H,6-11H2,1H3,(H,17,20). The van der Waals surface area contributed by atoms with E-state index in [9.17, 15) is 9.59 Å². The van der Waals surface area contributed by atoms with Gasteiger partial charge in [0.2, 0.25) is 5.91 Å². The summed E-state index contributed by atoms with van der Waals surface area (Å²) in [5, 5.41) is 2.92. The lowest BCUT2D eigenvalue weighted by molar-refractivity contribution is -0.122. The molecule has 0 saturated carbocycles. The highest BCUT2D eigenvalue weighted by Crippen LogP contribution is 2.17. The van der Waals surface area contributed by atoms with Crippen molar-refractivity contribution in [3.8, 4) is 5.75 Å². The van der Waals surface area contributed by atoms with E-state index in [0.29, 0.717) is 13.1 Å². The molecule has 1 amide bonds. The highest BCUT2D eigenvalue weighted by Gasteiger charge is 2.20. The first-order valence-electron chi connectivity index (χ1n) is 7.29. The minimum Gasteiger partial charge on any atom is -0.496 e. The fourth-order valence-corrected chi connectivity index (χ4v) is 2.55. The van der Waals surface area contributed by atoms with Gasteiger partial charge in [0.25, 0.3) is 0 Å². The Morgan fingerprint density at radius 2 is 2.10 bits per heavy atom. The van der Waals surface area contributed by atoms with Gasteiger partial charge >= 0.3 is 0 Å². The smallest absolute Gasteiger partial charge is 0.234 e. The number of piperidine rings is 1. The number of hydrogen-bond donors (Lipinski definition) is 1. The Kier molecular flexibility index (Phi) is 5.75. The van der Waals surface area contributed by atoms with Crippen LogP contribution in [0.2, 0.25) is 0 Å². The average Bonchev–Trinajstić information content (AvgIpc) is 2.54. The molecule has 1 N–H and O–H groups in total. The van der Waals surface area contributed by atoms with Crippen molar-refractivity contribution in [3.05, 3.63) is 29.8 Å². The molecule has 0 radical (unpaired) electrons. The van der Waals surface area contributed by atoms with Gasteiger partial charge in [0.15, 0.2) is 0 Å². The molecule has 1 saturated heterocycles. The average molecular weight is 290 g/mol. The molecular formula is C16H22N2O3. The van der Waals surface area contributed by atoms with Crippen LogP contribution in [0, 0.1) is 5.92 Å². The summed E-state index contributed by atoms with van der Waals surface area (Å²) in [6.45, 7) is 2.48. The van der Waals surface area contributed by atoms with Crippen molar-refractivity contribution in [1.29, 1.82) is 0 Å². The normalized spacial score (nSPS) is 16.4. The molecule has 2 rings (SSSR count). The second-order valence-electron chi connectivity index (χ2n) is 5.34. The molecule has 0 bridgehead atoms. The van der Waals surface area contributed by atoms with E-state index in [2.05, 4.69) is 10.2 Å². The molecule has 114 valence electrons. The highest BCUT2D eigenvalue weighted by atomic mass is 16.5. The highest BCUT2D eigenvalue weighted by molar-refractivity contribution is 5.78. The maximum Gasteiger partial charge on any atom is 0.234 e. The summed E-state index contributed by atoms with van der Waals surface area (Å²) in [5.41, 5.74) is 0.966. The third-order valence-electron chi connectivity index (χ3n) is 3.86. The van der Waals surface area contributed by atoms with E-state index in [1.807, 2.05) is 24.3 Å². The Bertz CT molecular complexity index is 482. The number of amides is 1. The number of carbonyl (C=O) groups excluding carboxylic acids is 2. The second kappa shape index (κ2) is 7.78. The molecule has 1 aromatic carbocycles. The van der Waals surface area contributed by atoms with E-state index in [0.717, 1.165) is 43.5 Å². The zero-order valence-corrected chi connectivity index (χ0v) is 12.4. The zero-order valence-electron chi connectivity index (χ0n) is 12.4. The third-order valence-corrected chi connectivity index (χ3v) is 3.86. The Balaban J connectivity index is 1.76. The lowest BCUT2D eigenvalue weighted by atomic mass is 9.99. The van der Waals surface area contributed by atoms with Crippen LogP contribution in [0.3, 0.4) is 0 Å². The van der Waals surface area contributed by atoms with Crippen LogP contribution >= 0.6 is 0 Å². The number of nitrogens with zero attached hydrogens (tertiary/aromatic N) is 1. The van der Waals surface area contributed by atoms with Gasteiger partial charge < -0.3 is 14.8 Å². The monoisotopic (exact) mass is 290 g/mol. The van der Waals surface area contributed by atoms with Crippen molar-refractivity contribution in [2.75, 3.05) is 26.7 Å². The molecule has 1 aliphatic heterocycles. The van der Waals surface area contributed by atoms with Gasteiger partial charge in [-0.15, -0.1) is 0 Å². The Labute approximate surface area is 125 Å². The zero-order chi connectivity index (χ0) is 15.1. The van der Waals surface area contributed by atoms with Crippen molar-refractivity contribution < 1.29 is 14.3 Å². The van der Waals surface area contributed by atoms with Crippen LogP contribution in [0.1, 0.15) is 18.4 Å². The quantitative estimate of drug-likeness (QED) is 0.800. The lowest BCUT2D eigenvalue weighted by Gasteiger charge is -2.28. The van der Waals surface area contributed by atoms with Crippen LogP contribution in [0.15, 0.2) is 24.3 Å². The van der Waals surface area contributed by atoms with Gasteiger partial charge in [-0.1, -0.05) is 18.2 Å². The van der Waals surface area contributed by atoms with Gasteiger partial charge in [-0.05, 0) is 32.0 Å². The topological polar surface area (TPSA) is 58.6 Å². The van der Waals surface area contributed by atoms with E-state index >= 15 is 0 Å². The number of carbonyl (C=O) groups is 2. The fraction of sp³-hybridized carbons (Fsp3) is 0.500. The van der Waals surface area contributed by atoms with E-state index < -0.39 is 0 Å². The summed E-state index contributed by atoms with van der Waals surface area (Å²) >= 11 is 0. The molecule has 0 aliphatic carbocycles. The molecular weight excluding hydrogens is 268 g/mol. The molecule has 0 spiro atoms. The van der Waals surface area contributed by atoms with Crippen molar-refractivity contribution >= 4 is 12.2 Å². The maximum atomic E-state index is 12.0. The summed E-state index contributed by atoms with van der Waals surface area (Å²) in [4.78, 5) is 24.8. The first kappa shape index (κ1) is 15.5. The largest absolute Gasteiger partial charge is 0.496 e. The number of rotatable bonds is 6. The number of para-hydroxylation sites is 1. The van der Waals surface area contributed by atoms with E-state index in [-0.39, 0.29) is 11.8 Å². The van der Waals surface area contributed by atoms with Gasteiger partial charge in [0.1, 0.15) is 12.0 Å². The van der Waals surface area contributed by atoms with Crippen LogP contribution in [-0.4, -0.2) is 43.8 Å². The number of benzene rings is 1. The summed E-state index contributed by atoms with van der Waals surface area (Å²) in [6.07, 6.45) is 2.73. The molecule has 0 atom stereocenters. The number of ether oxygens (including phenoxy) is 1. The van der Waals surface area contributed by atoms with E-state index in [1.54, 1.807) is 7.11 Å². The molecule has 5 heteroatoms. The molecule has 1 aromatic rings. The predicted molar refractivity (Wildman–Crippen MR) is 80.1 cm³/mol. The Hall–Kier alpha value is -1.88. The van der Waals surface area contributed by atoms with Crippen LogP contribution in [0.5, 0.6) is 5.75 Å². The van der Waals surface area contributed by atoms with Gasteiger partial charge in [0.05, 0.1) is 13.7 Å². The van der Waals surface area contributed by atoms with Gasteiger partial charge in [-0.2, -0.15) is 0 Å². The summed E-state index contributed by atoms with van der Waals surface area (Å²) in [6, 6.07) is 7.65. The van der Waals surface area contributed by atoms with Gasteiger partial charge in [0, 0.05) is 18.0 Å². The second-order valence-corrected chi connectivity index (χ2v) is 5.34. The number of nitrogens with one attached hydrogen (secondary N) is 1. The maximum absolute atomic E-state index is 12.0. The molecule has 21 heavy (non-hydrogen) atoms. The Morgan fingerprint density at radius 3 is 2.76 bits per heavy atom. The molecule has 1 fully saturated rings. The predicted octanol–water partition coefficient (Wildman–Crippen LogP) is 1.22. The lowest BCUT2D eigenvalue weighted by Crippen LogP contribution is -2.41. The summed E-state index contributed by atoms with van der Waals surface area (Å²) < 4.78 is 5.26. The van der Waals surface area contributed by atoms with Gasteiger partial charge in [-0.25, -0.2) is 0 Å². The SMILES string of the molecule is COc1ccccc1CNC(=O)CN1CCC(C=O)CC1. The fourth-order valence-electron chi connectivity index (χ4n) is 2.55. The van der Waals surface area contributed by atoms with Crippen molar-refractivity contribution in [1.82, 2.24) is 10.2 Å². The third kappa shape index (κ3) is 4.56. The first-order valence-corrected chi connectivity index (χ1v) is 7.29. The Morgan fingerprint density at radius 1 is 1.38 bits per heavy atom. The molecule has 1 aliphatic rings. The minimum absolute atomic E-state index is 0.00505. The summed E-state index contributed by atoms with van der Waals surface area (Å²) in [5.74, 6) is 0.952. The van der Waals surface area contributed by atoms with Gasteiger partial charge in [-0.3, -0.25) is 9.69 Å². The van der Waals surface area contributed by atoms with Crippen LogP contribution in [0.4, 0.5) is 0 Å². The van der Waals surface area contributed by atoms with Crippen LogP contribution < -0.4 is 10.1 Å². The van der Waals surface area contributed by atoms with Crippen LogP contribution in [-0.2, 0) is 16.1 Å². The molecule has 0 aromatic heterocycles.